The summed E-state index contributed by atoms with van der Waals surface area (Å²) in [5.41, 5.74) is 4.39. The number of nitrogens with one attached hydrogen (secondary N) is 1. The van der Waals surface area contributed by atoms with Gasteiger partial charge in [-0.25, -0.2) is 4.98 Å². The highest BCUT2D eigenvalue weighted by atomic mass is 79.9. The first-order valence-electron chi connectivity index (χ1n) is 6.87. The summed E-state index contributed by atoms with van der Waals surface area (Å²) in [6, 6.07) is 10.5. The molecule has 0 amide bonds. The smallest absolute Gasteiger partial charge is 0.157 e. The zero-order chi connectivity index (χ0) is 14.8. The normalized spacial score (nSPS) is 11.2. The van der Waals surface area contributed by atoms with Crippen LogP contribution < -0.4 is 5.32 Å². The highest BCUT2D eigenvalue weighted by molar-refractivity contribution is 9.10. The molecule has 0 aliphatic carbocycles. The van der Waals surface area contributed by atoms with Crippen molar-refractivity contribution in [2.75, 3.05) is 0 Å². The van der Waals surface area contributed by atoms with Crippen molar-refractivity contribution in [1.82, 2.24) is 20.1 Å². The van der Waals surface area contributed by atoms with Crippen LogP contribution in [0.3, 0.4) is 0 Å². The van der Waals surface area contributed by atoms with Gasteiger partial charge in [0.15, 0.2) is 5.65 Å². The zero-order valence-corrected chi connectivity index (χ0v) is 13.7. The number of aromatic nitrogens is 3. The van der Waals surface area contributed by atoms with Crippen molar-refractivity contribution in [1.29, 1.82) is 0 Å². The summed E-state index contributed by atoms with van der Waals surface area (Å²) >= 11 is 3.49. The molecule has 0 fully saturated rings. The Balaban J connectivity index is 1.69. The minimum absolute atomic E-state index is 0.795. The number of hydrogen-bond acceptors (Lipinski definition) is 3. The Labute approximate surface area is 132 Å². The summed E-state index contributed by atoms with van der Waals surface area (Å²) in [4.78, 5) is 4.49. The summed E-state index contributed by atoms with van der Waals surface area (Å²) in [5.74, 6) is 0. The molecule has 1 N–H and O–H groups in total. The third kappa shape index (κ3) is 3.14. The van der Waals surface area contributed by atoms with Crippen molar-refractivity contribution >= 4 is 27.0 Å². The fourth-order valence-corrected chi connectivity index (χ4v) is 2.89. The molecule has 2 aromatic heterocycles. The van der Waals surface area contributed by atoms with Gasteiger partial charge in [-0.05, 0) is 36.2 Å². The number of halogens is 1. The largest absolute Gasteiger partial charge is 0.309 e. The van der Waals surface area contributed by atoms with Gasteiger partial charge in [-0.2, -0.15) is 5.10 Å². The molecule has 0 saturated heterocycles. The van der Waals surface area contributed by atoms with Crippen LogP contribution >= 0.6 is 15.9 Å². The molecule has 4 nitrogen and oxygen atoms in total. The standard InChI is InChI=1S/C16H17BrN4/c1-11-15-7-13(10-19-16(15)21(2)20-11)9-18-8-12-4-3-5-14(17)6-12/h3-7,10,18H,8-9H2,1-2H3. The number of rotatable bonds is 4. The van der Waals surface area contributed by atoms with Crippen LogP contribution in [0.5, 0.6) is 0 Å². The van der Waals surface area contributed by atoms with E-state index in [9.17, 15) is 0 Å². The third-order valence-corrected chi connectivity index (χ3v) is 3.96. The molecule has 1 aromatic carbocycles. The fourth-order valence-electron chi connectivity index (χ4n) is 2.45. The molecular weight excluding hydrogens is 328 g/mol. The number of nitrogens with zero attached hydrogens (tertiary/aromatic N) is 3. The maximum atomic E-state index is 4.49. The van der Waals surface area contributed by atoms with Gasteiger partial charge in [0.05, 0.1) is 5.69 Å². The van der Waals surface area contributed by atoms with E-state index in [2.05, 4.69) is 49.5 Å². The fraction of sp³-hybridized carbons (Fsp3) is 0.250. The molecule has 108 valence electrons. The lowest BCUT2D eigenvalue weighted by Crippen LogP contribution is -2.12. The summed E-state index contributed by atoms with van der Waals surface area (Å²) in [6.07, 6.45) is 1.91. The van der Waals surface area contributed by atoms with Gasteiger partial charge >= 0.3 is 0 Å². The predicted octanol–water partition coefficient (Wildman–Crippen LogP) is 3.33. The van der Waals surface area contributed by atoms with Crippen LogP contribution in [0.15, 0.2) is 41.0 Å². The van der Waals surface area contributed by atoms with E-state index in [1.807, 2.05) is 37.0 Å². The van der Waals surface area contributed by atoms with E-state index in [1.165, 1.54) is 11.1 Å². The lowest BCUT2D eigenvalue weighted by Gasteiger charge is -2.06. The van der Waals surface area contributed by atoms with Crippen LogP contribution in [0, 0.1) is 6.92 Å². The van der Waals surface area contributed by atoms with Crippen molar-refractivity contribution in [2.45, 2.75) is 20.0 Å². The Morgan fingerprint density at radius 3 is 2.81 bits per heavy atom. The van der Waals surface area contributed by atoms with Crippen molar-refractivity contribution in [3.63, 3.8) is 0 Å². The first-order valence-corrected chi connectivity index (χ1v) is 7.66. The Bertz CT molecular complexity index is 779. The third-order valence-electron chi connectivity index (χ3n) is 3.47. The molecule has 0 atom stereocenters. The molecule has 2 heterocycles. The first-order chi connectivity index (χ1) is 10.1. The van der Waals surface area contributed by atoms with E-state index in [4.69, 9.17) is 0 Å². The summed E-state index contributed by atoms with van der Waals surface area (Å²) in [6.45, 7) is 3.65. The molecule has 0 saturated carbocycles. The van der Waals surface area contributed by atoms with Gasteiger partial charge in [0, 0.05) is 36.2 Å². The summed E-state index contributed by atoms with van der Waals surface area (Å²) in [7, 11) is 1.92. The summed E-state index contributed by atoms with van der Waals surface area (Å²) in [5, 5.41) is 8.97. The number of aryl methyl sites for hydroxylation is 2. The average molecular weight is 345 g/mol. The molecule has 5 heteroatoms. The Kier molecular flexibility index (Phi) is 4.03. The second-order valence-electron chi connectivity index (χ2n) is 5.16. The monoisotopic (exact) mass is 344 g/mol. The molecule has 0 radical (unpaired) electrons. The molecule has 0 aliphatic rings. The van der Waals surface area contributed by atoms with Gasteiger partial charge in [0.25, 0.3) is 0 Å². The Hall–Kier alpha value is -1.72. The lowest BCUT2D eigenvalue weighted by molar-refractivity contribution is 0.691. The van der Waals surface area contributed by atoms with Gasteiger partial charge in [-0.15, -0.1) is 0 Å². The molecular formula is C16H17BrN4. The van der Waals surface area contributed by atoms with E-state index in [1.54, 1.807) is 0 Å². The minimum Gasteiger partial charge on any atom is -0.309 e. The molecule has 0 bridgehead atoms. The van der Waals surface area contributed by atoms with E-state index >= 15 is 0 Å². The molecule has 3 rings (SSSR count). The van der Waals surface area contributed by atoms with Crippen molar-refractivity contribution in [2.24, 2.45) is 7.05 Å². The van der Waals surface area contributed by atoms with Crippen molar-refractivity contribution < 1.29 is 0 Å². The van der Waals surface area contributed by atoms with Crippen LogP contribution in [0.1, 0.15) is 16.8 Å². The maximum absolute atomic E-state index is 4.49. The highest BCUT2D eigenvalue weighted by Gasteiger charge is 2.06. The first kappa shape index (κ1) is 14.2. The van der Waals surface area contributed by atoms with E-state index in [-0.39, 0.29) is 0 Å². The average Bonchev–Trinajstić information content (AvgIpc) is 2.74. The second kappa shape index (κ2) is 5.95. The quantitative estimate of drug-likeness (QED) is 0.789. The van der Waals surface area contributed by atoms with Crippen LogP contribution in [-0.2, 0) is 20.1 Å². The van der Waals surface area contributed by atoms with Gasteiger partial charge in [0.1, 0.15) is 0 Å². The molecule has 3 aromatic rings. The van der Waals surface area contributed by atoms with E-state index < -0.39 is 0 Å². The van der Waals surface area contributed by atoms with Crippen molar-refractivity contribution in [3.05, 3.63) is 57.8 Å². The number of benzene rings is 1. The van der Waals surface area contributed by atoms with Gasteiger partial charge in [-0.1, -0.05) is 28.1 Å². The number of hydrogen-bond donors (Lipinski definition) is 1. The molecule has 21 heavy (non-hydrogen) atoms. The number of pyridine rings is 1. The highest BCUT2D eigenvalue weighted by Crippen LogP contribution is 2.16. The van der Waals surface area contributed by atoms with Crippen LogP contribution in [0.2, 0.25) is 0 Å². The van der Waals surface area contributed by atoms with E-state index in [0.29, 0.717) is 0 Å². The lowest BCUT2D eigenvalue weighted by atomic mass is 10.2. The van der Waals surface area contributed by atoms with Gasteiger partial charge in [0.2, 0.25) is 0 Å². The Morgan fingerprint density at radius 1 is 1.19 bits per heavy atom. The van der Waals surface area contributed by atoms with Gasteiger partial charge < -0.3 is 5.32 Å². The van der Waals surface area contributed by atoms with Crippen LogP contribution in [0.4, 0.5) is 0 Å². The number of fused-ring (bicyclic) bond motifs is 1. The molecule has 0 unspecified atom stereocenters. The summed E-state index contributed by atoms with van der Waals surface area (Å²) < 4.78 is 2.93. The van der Waals surface area contributed by atoms with E-state index in [0.717, 1.165) is 34.3 Å². The predicted molar refractivity (Wildman–Crippen MR) is 87.9 cm³/mol. The van der Waals surface area contributed by atoms with Crippen LogP contribution in [0.25, 0.3) is 11.0 Å². The van der Waals surface area contributed by atoms with Crippen LogP contribution in [-0.4, -0.2) is 14.8 Å². The second-order valence-corrected chi connectivity index (χ2v) is 6.07. The topological polar surface area (TPSA) is 42.7 Å². The van der Waals surface area contributed by atoms with Crippen molar-refractivity contribution in [3.8, 4) is 0 Å². The van der Waals surface area contributed by atoms with Gasteiger partial charge in [-0.3, -0.25) is 4.68 Å². The molecule has 0 aliphatic heterocycles. The SMILES string of the molecule is Cc1nn(C)c2ncc(CNCc3cccc(Br)c3)cc12. The minimum atomic E-state index is 0.795. The maximum Gasteiger partial charge on any atom is 0.157 e. The zero-order valence-electron chi connectivity index (χ0n) is 12.1. The Morgan fingerprint density at radius 2 is 2.00 bits per heavy atom. The molecule has 0 spiro atoms.